The molecule has 0 atom stereocenters. The Labute approximate surface area is 118 Å². The zero-order valence-corrected chi connectivity index (χ0v) is 12.5. The number of aliphatic hydroxyl groups is 1. The van der Waals surface area contributed by atoms with E-state index in [1.54, 1.807) is 0 Å². The van der Waals surface area contributed by atoms with E-state index in [4.69, 9.17) is 5.11 Å². The molecule has 2 fully saturated rings. The van der Waals surface area contributed by atoms with E-state index in [1.807, 2.05) is 0 Å². The SMILES string of the molecule is OCCCN(CC1(CS)CCCCC1)C1CCC1. The first kappa shape index (κ1) is 14.7. The van der Waals surface area contributed by atoms with Gasteiger partial charge < -0.3 is 5.11 Å². The zero-order valence-electron chi connectivity index (χ0n) is 11.6. The first-order valence-electron chi connectivity index (χ1n) is 7.75. The second-order valence-electron chi connectivity index (χ2n) is 6.35. The third kappa shape index (κ3) is 3.64. The smallest absolute Gasteiger partial charge is 0.0443 e. The van der Waals surface area contributed by atoms with Gasteiger partial charge >= 0.3 is 0 Å². The van der Waals surface area contributed by atoms with Crippen molar-refractivity contribution >= 4 is 12.6 Å². The van der Waals surface area contributed by atoms with Crippen LogP contribution < -0.4 is 0 Å². The lowest BCUT2D eigenvalue weighted by atomic mass is 9.74. The summed E-state index contributed by atoms with van der Waals surface area (Å²) in [6.07, 6.45) is 12.0. The van der Waals surface area contributed by atoms with E-state index in [1.165, 1.54) is 57.9 Å². The molecule has 0 amide bonds. The van der Waals surface area contributed by atoms with Gasteiger partial charge in [0.2, 0.25) is 0 Å². The van der Waals surface area contributed by atoms with E-state index in [2.05, 4.69) is 17.5 Å². The molecule has 0 unspecified atom stereocenters. The first-order chi connectivity index (χ1) is 8.79. The molecule has 0 radical (unpaired) electrons. The van der Waals surface area contributed by atoms with Crippen LogP contribution in [0.25, 0.3) is 0 Å². The van der Waals surface area contributed by atoms with Crippen LogP contribution in [0, 0.1) is 5.41 Å². The van der Waals surface area contributed by atoms with Crippen LogP contribution in [0.5, 0.6) is 0 Å². The third-order valence-electron chi connectivity index (χ3n) is 4.98. The van der Waals surface area contributed by atoms with E-state index in [-0.39, 0.29) is 0 Å². The Balaban J connectivity index is 1.91. The van der Waals surface area contributed by atoms with Gasteiger partial charge in [-0.1, -0.05) is 25.7 Å². The number of hydrogen-bond acceptors (Lipinski definition) is 3. The zero-order chi connectivity index (χ0) is 12.8. The Morgan fingerprint density at radius 1 is 1.11 bits per heavy atom. The van der Waals surface area contributed by atoms with Crippen LogP contribution in [0.2, 0.25) is 0 Å². The molecule has 2 aliphatic carbocycles. The molecule has 2 aliphatic rings. The molecule has 0 heterocycles. The fraction of sp³-hybridized carbons (Fsp3) is 1.00. The number of thiol groups is 1. The lowest BCUT2D eigenvalue weighted by Crippen LogP contribution is -2.48. The topological polar surface area (TPSA) is 23.5 Å². The van der Waals surface area contributed by atoms with Crippen molar-refractivity contribution in [3.8, 4) is 0 Å². The molecule has 2 rings (SSSR count). The standard InChI is InChI=1S/C15H29NOS/c17-11-5-10-16(14-6-4-7-14)12-15(13-18)8-2-1-3-9-15/h14,17-18H,1-13H2. The maximum Gasteiger partial charge on any atom is 0.0443 e. The quantitative estimate of drug-likeness (QED) is 0.695. The van der Waals surface area contributed by atoms with Crippen molar-refractivity contribution in [2.75, 3.05) is 25.4 Å². The van der Waals surface area contributed by atoms with Crippen LogP contribution in [0.4, 0.5) is 0 Å². The molecule has 18 heavy (non-hydrogen) atoms. The van der Waals surface area contributed by atoms with Gasteiger partial charge in [0.1, 0.15) is 0 Å². The van der Waals surface area contributed by atoms with E-state index in [0.717, 1.165) is 24.8 Å². The lowest BCUT2D eigenvalue weighted by Gasteiger charge is -2.45. The summed E-state index contributed by atoms with van der Waals surface area (Å²) in [6.45, 7) is 2.63. The fourth-order valence-corrected chi connectivity index (χ4v) is 3.93. The van der Waals surface area contributed by atoms with Gasteiger partial charge in [-0.2, -0.15) is 12.6 Å². The minimum Gasteiger partial charge on any atom is -0.396 e. The van der Waals surface area contributed by atoms with E-state index in [9.17, 15) is 0 Å². The fourth-order valence-electron chi connectivity index (χ4n) is 3.52. The molecule has 2 nitrogen and oxygen atoms in total. The van der Waals surface area contributed by atoms with Crippen molar-refractivity contribution in [2.45, 2.75) is 63.8 Å². The van der Waals surface area contributed by atoms with E-state index >= 15 is 0 Å². The normalized spacial score (nSPS) is 24.2. The maximum absolute atomic E-state index is 9.07. The predicted molar refractivity (Wildman–Crippen MR) is 80.3 cm³/mol. The molecule has 106 valence electrons. The van der Waals surface area contributed by atoms with E-state index in [0.29, 0.717) is 12.0 Å². The van der Waals surface area contributed by atoms with Gasteiger partial charge in [0.25, 0.3) is 0 Å². The molecule has 1 N–H and O–H groups in total. The third-order valence-corrected chi connectivity index (χ3v) is 5.65. The highest BCUT2D eigenvalue weighted by atomic mass is 32.1. The van der Waals surface area contributed by atoms with Gasteiger partial charge in [-0.05, 0) is 43.3 Å². The van der Waals surface area contributed by atoms with Crippen LogP contribution >= 0.6 is 12.6 Å². The Kier molecular flexibility index (Phi) is 5.84. The lowest BCUT2D eigenvalue weighted by molar-refractivity contribution is 0.0541. The molecule has 0 aromatic heterocycles. The molecular weight excluding hydrogens is 242 g/mol. The van der Waals surface area contributed by atoms with Gasteiger partial charge in [0.15, 0.2) is 0 Å². The molecule has 0 aromatic carbocycles. The Hall–Kier alpha value is 0.270. The largest absolute Gasteiger partial charge is 0.396 e. The van der Waals surface area contributed by atoms with Gasteiger partial charge in [0.05, 0.1) is 0 Å². The molecule has 0 aliphatic heterocycles. The first-order valence-corrected chi connectivity index (χ1v) is 8.39. The number of nitrogens with zero attached hydrogens (tertiary/aromatic N) is 1. The highest BCUT2D eigenvalue weighted by molar-refractivity contribution is 7.80. The minimum absolute atomic E-state index is 0.330. The summed E-state index contributed by atoms with van der Waals surface area (Å²) >= 11 is 4.65. The van der Waals surface area contributed by atoms with Crippen molar-refractivity contribution in [3.05, 3.63) is 0 Å². The molecule has 0 saturated heterocycles. The summed E-state index contributed by atoms with van der Waals surface area (Å²) in [4.78, 5) is 2.67. The van der Waals surface area contributed by atoms with Crippen molar-refractivity contribution in [1.29, 1.82) is 0 Å². The molecule has 0 spiro atoms. The van der Waals surface area contributed by atoms with Crippen LogP contribution in [0.1, 0.15) is 57.8 Å². The molecule has 0 aromatic rings. The highest BCUT2D eigenvalue weighted by Gasteiger charge is 2.35. The average Bonchev–Trinajstić information content (AvgIpc) is 2.35. The predicted octanol–water partition coefficient (Wildman–Crippen LogP) is 3.10. The average molecular weight is 271 g/mol. The van der Waals surface area contributed by atoms with Gasteiger partial charge in [-0.15, -0.1) is 0 Å². The van der Waals surface area contributed by atoms with Crippen LogP contribution in [-0.4, -0.2) is 41.5 Å². The summed E-state index contributed by atoms with van der Waals surface area (Å²) in [5, 5.41) is 9.07. The van der Waals surface area contributed by atoms with Crippen LogP contribution in [0.15, 0.2) is 0 Å². The van der Waals surface area contributed by atoms with Crippen molar-refractivity contribution in [3.63, 3.8) is 0 Å². The summed E-state index contributed by atoms with van der Waals surface area (Å²) in [5.74, 6) is 1.04. The minimum atomic E-state index is 0.330. The van der Waals surface area contributed by atoms with Gasteiger partial charge in [-0.25, -0.2) is 0 Å². The summed E-state index contributed by atoms with van der Waals surface area (Å²) in [7, 11) is 0. The second-order valence-corrected chi connectivity index (χ2v) is 6.67. The van der Waals surface area contributed by atoms with E-state index < -0.39 is 0 Å². The van der Waals surface area contributed by atoms with Crippen LogP contribution in [0.3, 0.4) is 0 Å². The Morgan fingerprint density at radius 3 is 2.33 bits per heavy atom. The number of hydrogen-bond donors (Lipinski definition) is 2. The Bertz CT molecular complexity index is 237. The summed E-state index contributed by atoms with van der Waals surface area (Å²) < 4.78 is 0. The molecular formula is C15H29NOS. The Morgan fingerprint density at radius 2 is 1.83 bits per heavy atom. The second kappa shape index (κ2) is 7.16. The van der Waals surface area contributed by atoms with Crippen molar-refractivity contribution in [1.82, 2.24) is 4.90 Å². The van der Waals surface area contributed by atoms with Crippen LogP contribution in [-0.2, 0) is 0 Å². The number of aliphatic hydroxyl groups excluding tert-OH is 1. The monoisotopic (exact) mass is 271 g/mol. The van der Waals surface area contributed by atoms with Crippen molar-refractivity contribution in [2.24, 2.45) is 5.41 Å². The summed E-state index contributed by atoms with van der Waals surface area (Å²) in [6, 6.07) is 0.801. The van der Waals surface area contributed by atoms with Gasteiger partial charge in [0, 0.05) is 25.7 Å². The van der Waals surface area contributed by atoms with Crippen molar-refractivity contribution < 1.29 is 5.11 Å². The summed E-state index contributed by atoms with van der Waals surface area (Å²) in [5.41, 5.74) is 0.465. The van der Waals surface area contributed by atoms with Gasteiger partial charge in [-0.3, -0.25) is 4.90 Å². The highest BCUT2D eigenvalue weighted by Crippen LogP contribution is 2.39. The maximum atomic E-state index is 9.07. The number of rotatable bonds is 7. The molecule has 3 heteroatoms. The molecule has 2 saturated carbocycles. The molecule has 0 bridgehead atoms.